The van der Waals surface area contributed by atoms with Crippen LogP contribution < -0.4 is 0 Å². The number of oxime groups is 1. The lowest BCUT2D eigenvalue weighted by Gasteiger charge is -2.11. The summed E-state index contributed by atoms with van der Waals surface area (Å²) in [7, 11) is 0. The third-order valence-electron chi connectivity index (χ3n) is 7.71. The Hall–Kier alpha value is -3.73. The van der Waals surface area contributed by atoms with Crippen LogP contribution in [0.4, 0.5) is 0 Å². The summed E-state index contributed by atoms with van der Waals surface area (Å²) in [6.45, 7) is 6.30. The average Bonchev–Trinajstić information content (AvgIpc) is 3.53. The summed E-state index contributed by atoms with van der Waals surface area (Å²) in [5, 5.41) is 6.39. The fourth-order valence-electron chi connectivity index (χ4n) is 5.75. The lowest BCUT2D eigenvalue weighted by atomic mass is 9.95. The molecule has 1 saturated carbocycles. The fraction of sp³-hybridized carbons (Fsp3) is 0.344. The van der Waals surface area contributed by atoms with Crippen molar-refractivity contribution in [1.82, 2.24) is 4.57 Å². The van der Waals surface area contributed by atoms with Gasteiger partial charge in [0.1, 0.15) is 0 Å². The average molecular weight is 495 g/mol. The number of carbonyl (C=O) groups excluding carboxylic acids is 2. The monoisotopic (exact) mass is 494 g/mol. The number of carbonyl (C=O) groups is 2. The van der Waals surface area contributed by atoms with E-state index in [9.17, 15) is 9.59 Å². The molecule has 1 heterocycles. The highest BCUT2D eigenvalue weighted by atomic mass is 16.7. The van der Waals surface area contributed by atoms with Crippen LogP contribution in [-0.4, -0.2) is 22.0 Å². The molecular formula is C32H34N2O3. The molecule has 0 radical (unpaired) electrons. The summed E-state index contributed by atoms with van der Waals surface area (Å²) in [5.41, 5.74) is 6.34. The van der Waals surface area contributed by atoms with Gasteiger partial charge in [-0.25, -0.2) is 4.79 Å². The summed E-state index contributed by atoms with van der Waals surface area (Å²) >= 11 is 0. The van der Waals surface area contributed by atoms with E-state index in [0.717, 1.165) is 63.6 Å². The van der Waals surface area contributed by atoms with E-state index >= 15 is 0 Å². The maximum absolute atomic E-state index is 13.4. The second-order valence-corrected chi connectivity index (χ2v) is 10.2. The molecule has 37 heavy (non-hydrogen) atoms. The van der Waals surface area contributed by atoms with Crippen LogP contribution in [0.25, 0.3) is 21.8 Å². The van der Waals surface area contributed by atoms with Crippen LogP contribution in [0, 0.1) is 12.8 Å². The molecule has 0 saturated heterocycles. The van der Waals surface area contributed by atoms with E-state index in [1.807, 2.05) is 43.3 Å². The molecule has 5 rings (SSSR count). The highest BCUT2D eigenvalue weighted by molar-refractivity contribution is 6.16. The van der Waals surface area contributed by atoms with Gasteiger partial charge in [0.15, 0.2) is 5.78 Å². The van der Waals surface area contributed by atoms with Crippen molar-refractivity contribution in [3.63, 3.8) is 0 Å². The van der Waals surface area contributed by atoms with Crippen molar-refractivity contribution in [2.45, 2.75) is 65.8 Å². The molecular weight excluding hydrogens is 460 g/mol. The quantitative estimate of drug-likeness (QED) is 0.110. The topological polar surface area (TPSA) is 60.7 Å². The van der Waals surface area contributed by atoms with Crippen LogP contribution in [0.1, 0.15) is 79.4 Å². The smallest absolute Gasteiger partial charge is 0.331 e. The molecule has 5 nitrogen and oxygen atoms in total. The number of fused-ring (bicyclic) bond motifs is 3. The van der Waals surface area contributed by atoms with Crippen LogP contribution in [-0.2, 0) is 16.2 Å². The number of nitrogens with zero attached hydrogens (tertiary/aromatic N) is 2. The maximum atomic E-state index is 13.4. The first-order valence-corrected chi connectivity index (χ1v) is 13.4. The van der Waals surface area contributed by atoms with E-state index in [0.29, 0.717) is 11.5 Å². The third kappa shape index (κ3) is 5.08. The van der Waals surface area contributed by atoms with Gasteiger partial charge in [0.2, 0.25) is 0 Å². The number of hydrogen-bond donors (Lipinski definition) is 0. The van der Waals surface area contributed by atoms with Gasteiger partial charge < -0.3 is 9.40 Å². The zero-order chi connectivity index (χ0) is 25.9. The van der Waals surface area contributed by atoms with Crippen LogP contribution in [0.3, 0.4) is 0 Å². The third-order valence-corrected chi connectivity index (χ3v) is 7.71. The van der Waals surface area contributed by atoms with Gasteiger partial charge in [0.25, 0.3) is 0 Å². The predicted octanol–water partition coefficient (Wildman–Crippen LogP) is 7.59. The Kier molecular flexibility index (Phi) is 7.22. The molecule has 1 aliphatic carbocycles. The van der Waals surface area contributed by atoms with Crippen molar-refractivity contribution in [3.05, 3.63) is 82.9 Å². The molecule has 190 valence electrons. The minimum atomic E-state index is -0.415. The zero-order valence-corrected chi connectivity index (χ0v) is 21.9. The van der Waals surface area contributed by atoms with Crippen LogP contribution >= 0.6 is 0 Å². The number of hydrogen-bond acceptors (Lipinski definition) is 4. The number of aryl methyl sites for hydroxylation is 2. The van der Waals surface area contributed by atoms with Crippen molar-refractivity contribution in [1.29, 1.82) is 0 Å². The Labute approximate surface area is 218 Å². The van der Waals surface area contributed by atoms with Crippen molar-refractivity contribution >= 4 is 39.3 Å². The summed E-state index contributed by atoms with van der Waals surface area (Å²) in [6, 6.07) is 20.0. The van der Waals surface area contributed by atoms with Crippen molar-refractivity contribution in [3.8, 4) is 0 Å². The molecule has 0 amide bonds. The highest BCUT2D eigenvalue weighted by Crippen LogP contribution is 2.33. The normalized spacial score (nSPS) is 14.5. The van der Waals surface area contributed by atoms with Crippen molar-refractivity contribution < 1.29 is 14.4 Å². The van der Waals surface area contributed by atoms with Gasteiger partial charge in [0, 0.05) is 52.0 Å². The van der Waals surface area contributed by atoms with E-state index in [-0.39, 0.29) is 5.78 Å². The first kappa shape index (κ1) is 24.9. The van der Waals surface area contributed by atoms with E-state index < -0.39 is 5.97 Å². The Morgan fingerprint density at radius 1 is 0.946 bits per heavy atom. The summed E-state index contributed by atoms with van der Waals surface area (Å²) in [6.07, 6.45) is 6.94. The van der Waals surface area contributed by atoms with E-state index in [1.54, 1.807) is 0 Å². The van der Waals surface area contributed by atoms with Gasteiger partial charge in [-0.05, 0) is 68.5 Å². The van der Waals surface area contributed by atoms with Crippen LogP contribution in [0.5, 0.6) is 0 Å². The SMILES string of the molecule is CCn1c2ccc(C(=O)c3ccccc3C)cc2c2cc(/C(CCC3CCCC3)=N\OC(C)=O)ccc21. The van der Waals surface area contributed by atoms with Gasteiger partial charge in [-0.2, -0.15) is 0 Å². The Morgan fingerprint density at radius 3 is 2.24 bits per heavy atom. The number of ketones is 1. The second kappa shape index (κ2) is 10.7. The molecule has 0 spiro atoms. The first-order chi connectivity index (χ1) is 18.0. The molecule has 4 aromatic rings. The Bertz CT molecular complexity index is 1510. The highest BCUT2D eigenvalue weighted by Gasteiger charge is 2.19. The first-order valence-electron chi connectivity index (χ1n) is 13.4. The molecule has 0 unspecified atom stereocenters. The van der Waals surface area contributed by atoms with Gasteiger partial charge in [-0.3, -0.25) is 4.79 Å². The molecule has 0 bridgehead atoms. The van der Waals surface area contributed by atoms with Crippen LogP contribution in [0.15, 0.2) is 65.8 Å². The minimum absolute atomic E-state index is 0.0298. The van der Waals surface area contributed by atoms with Gasteiger partial charge in [0.05, 0.1) is 5.71 Å². The molecule has 1 aromatic heterocycles. The predicted molar refractivity (Wildman–Crippen MR) is 149 cm³/mol. The van der Waals surface area contributed by atoms with Crippen molar-refractivity contribution in [2.75, 3.05) is 0 Å². The largest absolute Gasteiger partial charge is 0.341 e. The van der Waals surface area contributed by atoms with E-state index in [1.165, 1.54) is 32.6 Å². The summed E-state index contributed by atoms with van der Waals surface area (Å²) in [4.78, 5) is 30.0. The van der Waals surface area contributed by atoms with E-state index in [4.69, 9.17) is 4.84 Å². The molecule has 3 aromatic carbocycles. The minimum Gasteiger partial charge on any atom is -0.341 e. The lowest BCUT2D eigenvalue weighted by Crippen LogP contribution is -2.07. The van der Waals surface area contributed by atoms with Crippen molar-refractivity contribution in [2.24, 2.45) is 11.1 Å². The molecule has 5 heteroatoms. The second-order valence-electron chi connectivity index (χ2n) is 10.2. The number of aromatic nitrogens is 1. The Balaban J connectivity index is 1.58. The van der Waals surface area contributed by atoms with E-state index in [2.05, 4.69) is 40.9 Å². The fourth-order valence-corrected chi connectivity index (χ4v) is 5.75. The lowest BCUT2D eigenvalue weighted by molar-refractivity contribution is -0.140. The molecule has 1 aliphatic rings. The summed E-state index contributed by atoms with van der Waals surface area (Å²) in [5.74, 6) is 0.326. The van der Waals surface area contributed by atoms with Gasteiger partial charge in [-0.15, -0.1) is 0 Å². The number of rotatable bonds is 8. The van der Waals surface area contributed by atoms with Crippen LogP contribution in [0.2, 0.25) is 0 Å². The Morgan fingerprint density at radius 2 is 1.59 bits per heavy atom. The summed E-state index contributed by atoms with van der Waals surface area (Å²) < 4.78 is 2.28. The van der Waals surface area contributed by atoms with Gasteiger partial charge >= 0.3 is 5.97 Å². The maximum Gasteiger partial charge on any atom is 0.331 e. The molecule has 0 N–H and O–H groups in total. The number of benzene rings is 3. The molecule has 0 atom stereocenters. The molecule has 0 aliphatic heterocycles. The zero-order valence-electron chi connectivity index (χ0n) is 21.9. The van der Waals surface area contributed by atoms with Gasteiger partial charge in [-0.1, -0.05) is 61.2 Å². The molecule has 1 fully saturated rings. The standard InChI is InChI=1S/C32H34N2O3/c1-4-34-30-17-14-24(29(33-37-22(3)35)16-13-23-10-6-7-11-23)19-27(30)28-20-25(15-18-31(28)34)32(36)26-12-8-5-9-21(26)2/h5,8-9,12,14-15,17-20,23H,4,6-7,10-11,13,16H2,1-3H3/b33-29-.